The van der Waals surface area contributed by atoms with Gasteiger partial charge in [0.2, 0.25) is 0 Å². The molecule has 2 saturated carbocycles. The maximum atomic E-state index is 3.60. The van der Waals surface area contributed by atoms with Crippen LogP contribution in [-0.2, 0) is 5.41 Å². The highest BCUT2D eigenvalue weighted by atomic mass is 79.9. The van der Waals surface area contributed by atoms with Crippen molar-refractivity contribution in [3.05, 3.63) is 34.3 Å². The minimum atomic E-state index is 0.404. The van der Waals surface area contributed by atoms with Gasteiger partial charge in [-0.2, -0.15) is 0 Å². The molecule has 1 nitrogen and oxygen atoms in total. The Balaban J connectivity index is 1.80. The highest BCUT2D eigenvalue weighted by Crippen LogP contribution is 2.62. The molecule has 0 heterocycles. The molecular formula is C17H24BrN. The minimum Gasteiger partial charge on any atom is -0.316 e. The highest BCUT2D eigenvalue weighted by Gasteiger charge is 2.55. The van der Waals surface area contributed by atoms with E-state index >= 15 is 0 Å². The standard InChI is InChI=1S/C17H24BrN/c1-2-19-13-17(14-5-7-15(18)8-6-14)11-16(12-17)9-3-4-10-16/h5-8,19H,2-4,9-13H2,1H3. The van der Waals surface area contributed by atoms with Crippen LogP contribution < -0.4 is 5.32 Å². The number of nitrogens with one attached hydrogen (secondary N) is 1. The first-order valence-corrected chi connectivity index (χ1v) is 8.44. The molecule has 1 aromatic rings. The zero-order chi connectivity index (χ0) is 13.3. The van der Waals surface area contributed by atoms with Crippen LogP contribution in [0.1, 0.15) is 51.0 Å². The molecule has 2 fully saturated rings. The Bertz CT molecular complexity index is 423. The summed E-state index contributed by atoms with van der Waals surface area (Å²) in [6.07, 6.45) is 8.65. The molecule has 2 aliphatic rings. The SMILES string of the molecule is CCNCC1(c2ccc(Br)cc2)CC2(CCCC2)C1. The molecule has 0 aromatic heterocycles. The van der Waals surface area contributed by atoms with Gasteiger partial charge in [-0.3, -0.25) is 0 Å². The second-order valence-corrected chi connectivity index (χ2v) is 7.54. The van der Waals surface area contributed by atoms with Crippen LogP contribution in [0.25, 0.3) is 0 Å². The van der Waals surface area contributed by atoms with Crippen molar-refractivity contribution >= 4 is 15.9 Å². The number of hydrogen-bond acceptors (Lipinski definition) is 1. The summed E-state index contributed by atoms with van der Waals surface area (Å²) in [6, 6.07) is 9.04. The van der Waals surface area contributed by atoms with Crippen LogP contribution in [0.4, 0.5) is 0 Å². The van der Waals surface area contributed by atoms with E-state index in [1.54, 1.807) is 0 Å². The molecule has 0 amide bonds. The predicted octanol–water partition coefficient (Wildman–Crippen LogP) is 4.65. The molecule has 3 rings (SSSR count). The lowest BCUT2D eigenvalue weighted by Crippen LogP contribution is -2.53. The van der Waals surface area contributed by atoms with Crippen LogP contribution in [-0.4, -0.2) is 13.1 Å². The largest absolute Gasteiger partial charge is 0.316 e. The van der Waals surface area contributed by atoms with E-state index in [-0.39, 0.29) is 0 Å². The van der Waals surface area contributed by atoms with Gasteiger partial charge in [-0.25, -0.2) is 0 Å². The van der Waals surface area contributed by atoms with Gasteiger partial charge in [0.25, 0.3) is 0 Å². The zero-order valence-corrected chi connectivity index (χ0v) is 13.4. The maximum absolute atomic E-state index is 3.60. The molecule has 0 radical (unpaired) electrons. The van der Waals surface area contributed by atoms with Gasteiger partial charge in [-0.1, -0.05) is 47.8 Å². The summed E-state index contributed by atoms with van der Waals surface area (Å²) in [6.45, 7) is 4.43. The van der Waals surface area contributed by atoms with Crippen LogP contribution >= 0.6 is 15.9 Å². The van der Waals surface area contributed by atoms with Crippen molar-refractivity contribution in [1.29, 1.82) is 0 Å². The van der Waals surface area contributed by atoms with E-state index in [0.717, 1.165) is 13.1 Å². The second-order valence-electron chi connectivity index (χ2n) is 6.63. The van der Waals surface area contributed by atoms with E-state index < -0.39 is 0 Å². The third kappa shape index (κ3) is 2.50. The molecule has 1 N–H and O–H groups in total. The number of benzene rings is 1. The van der Waals surface area contributed by atoms with E-state index in [1.165, 1.54) is 48.6 Å². The number of likely N-dealkylation sites (N-methyl/N-ethyl adjacent to an activating group) is 1. The Morgan fingerprint density at radius 1 is 1.11 bits per heavy atom. The molecular weight excluding hydrogens is 298 g/mol. The molecule has 0 saturated heterocycles. The Morgan fingerprint density at radius 3 is 2.32 bits per heavy atom. The lowest BCUT2D eigenvalue weighted by atomic mass is 9.49. The molecule has 2 heteroatoms. The summed E-state index contributed by atoms with van der Waals surface area (Å²) in [7, 11) is 0. The fourth-order valence-electron chi connectivity index (χ4n) is 4.46. The number of rotatable bonds is 4. The second kappa shape index (κ2) is 5.21. The molecule has 1 aromatic carbocycles. The van der Waals surface area contributed by atoms with Gasteiger partial charge in [0.1, 0.15) is 0 Å². The van der Waals surface area contributed by atoms with Crippen molar-refractivity contribution in [3.63, 3.8) is 0 Å². The normalized spacial score (nSPS) is 23.5. The minimum absolute atomic E-state index is 0.404. The van der Waals surface area contributed by atoms with E-state index in [1.807, 2.05) is 0 Å². The smallest absolute Gasteiger partial charge is 0.0175 e. The molecule has 0 unspecified atom stereocenters. The average molecular weight is 322 g/mol. The Hall–Kier alpha value is -0.340. The quantitative estimate of drug-likeness (QED) is 0.851. The summed E-state index contributed by atoms with van der Waals surface area (Å²) in [5.74, 6) is 0. The first kappa shape index (κ1) is 13.6. The van der Waals surface area contributed by atoms with Crippen molar-refractivity contribution in [2.45, 2.75) is 50.9 Å². The number of hydrogen-bond donors (Lipinski definition) is 1. The first-order valence-electron chi connectivity index (χ1n) is 7.65. The molecule has 1 spiro atoms. The molecule has 104 valence electrons. The number of halogens is 1. The molecule has 0 bridgehead atoms. The first-order chi connectivity index (χ1) is 9.18. The predicted molar refractivity (Wildman–Crippen MR) is 84.5 cm³/mol. The molecule has 2 aliphatic carbocycles. The van der Waals surface area contributed by atoms with E-state index in [4.69, 9.17) is 0 Å². The maximum Gasteiger partial charge on any atom is 0.0175 e. The van der Waals surface area contributed by atoms with E-state index in [0.29, 0.717) is 10.8 Å². The summed E-state index contributed by atoms with van der Waals surface area (Å²) < 4.78 is 1.18. The molecule has 0 aliphatic heterocycles. The summed E-state index contributed by atoms with van der Waals surface area (Å²) in [5, 5.41) is 3.60. The van der Waals surface area contributed by atoms with Crippen molar-refractivity contribution in [2.24, 2.45) is 5.41 Å². The van der Waals surface area contributed by atoms with Crippen LogP contribution in [0.3, 0.4) is 0 Å². The van der Waals surface area contributed by atoms with Crippen molar-refractivity contribution in [1.82, 2.24) is 5.32 Å². The van der Waals surface area contributed by atoms with Gasteiger partial charge in [-0.05, 0) is 55.3 Å². The summed E-state index contributed by atoms with van der Waals surface area (Å²) in [5.41, 5.74) is 2.64. The van der Waals surface area contributed by atoms with Gasteiger partial charge in [0.15, 0.2) is 0 Å². The van der Waals surface area contributed by atoms with Gasteiger partial charge < -0.3 is 5.32 Å². The zero-order valence-electron chi connectivity index (χ0n) is 11.8. The fraction of sp³-hybridized carbons (Fsp3) is 0.647. The third-order valence-corrected chi connectivity index (χ3v) is 5.79. The summed E-state index contributed by atoms with van der Waals surface area (Å²) in [4.78, 5) is 0. The molecule has 0 atom stereocenters. The average Bonchev–Trinajstić information content (AvgIpc) is 2.85. The lowest BCUT2D eigenvalue weighted by molar-refractivity contribution is 0.0273. The Labute approximate surface area is 125 Å². The third-order valence-electron chi connectivity index (χ3n) is 5.26. The summed E-state index contributed by atoms with van der Waals surface area (Å²) >= 11 is 3.55. The van der Waals surface area contributed by atoms with Gasteiger partial charge in [0, 0.05) is 16.4 Å². The van der Waals surface area contributed by atoms with Gasteiger partial charge in [-0.15, -0.1) is 0 Å². The molecule has 19 heavy (non-hydrogen) atoms. The monoisotopic (exact) mass is 321 g/mol. The van der Waals surface area contributed by atoms with Crippen LogP contribution in [0, 0.1) is 5.41 Å². The van der Waals surface area contributed by atoms with Crippen LogP contribution in [0.5, 0.6) is 0 Å². The topological polar surface area (TPSA) is 12.0 Å². The Kier molecular flexibility index (Phi) is 3.74. The Morgan fingerprint density at radius 2 is 1.74 bits per heavy atom. The lowest BCUT2D eigenvalue weighted by Gasteiger charge is -2.56. The van der Waals surface area contributed by atoms with Gasteiger partial charge in [0.05, 0.1) is 0 Å². The van der Waals surface area contributed by atoms with E-state index in [9.17, 15) is 0 Å². The van der Waals surface area contributed by atoms with Gasteiger partial charge >= 0.3 is 0 Å². The van der Waals surface area contributed by atoms with Crippen LogP contribution in [0.15, 0.2) is 28.7 Å². The van der Waals surface area contributed by atoms with Crippen LogP contribution in [0.2, 0.25) is 0 Å². The van der Waals surface area contributed by atoms with Crippen molar-refractivity contribution in [3.8, 4) is 0 Å². The van der Waals surface area contributed by atoms with Crippen molar-refractivity contribution in [2.75, 3.05) is 13.1 Å². The van der Waals surface area contributed by atoms with E-state index in [2.05, 4.69) is 52.4 Å². The fourth-order valence-corrected chi connectivity index (χ4v) is 4.73. The highest BCUT2D eigenvalue weighted by molar-refractivity contribution is 9.10. The van der Waals surface area contributed by atoms with Crippen molar-refractivity contribution < 1.29 is 0 Å².